The molecule has 0 amide bonds. The molecule has 2 aromatic carbocycles. The Hall–Kier alpha value is -3.50. The van der Waals surface area contributed by atoms with E-state index in [1.165, 1.54) is 23.7 Å². The van der Waals surface area contributed by atoms with E-state index in [0.717, 1.165) is 48.9 Å². The predicted molar refractivity (Wildman–Crippen MR) is 139 cm³/mol. The van der Waals surface area contributed by atoms with Crippen LogP contribution in [-0.4, -0.2) is 32.0 Å². The first kappa shape index (κ1) is 22.0. The third-order valence-electron chi connectivity index (χ3n) is 7.45. The highest BCUT2D eigenvalue weighted by atomic mass is 32.2. The van der Waals surface area contributed by atoms with Crippen LogP contribution in [0.25, 0.3) is 22.7 Å². The summed E-state index contributed by atoms with van der Waals surface area (Å²) in [4.78, 5) is 14.6. The molecule has 0 unspecified atom stereocenters. The fourth-order valence-corrected chi connectivity index (χ4v) is 6.61. The lowest BCUT2D eigenvalue weighted by atomic mass is 9.62. The first-order chi connectivity index (χ1) is 17.2. The van der Waals surface area contributed by atoms with Gasteiger partial charge in [-0.3, -0.25) is 9.20 Å². The van der Waals surface area contributed by atoms with Crippen LogP contribution in [0.5, 0.6) is 5.75 Å². The Morgan fingerprint density at radius 3 is 2.66 bits per heavy atom. The predicted octanol–water partition coefficient (Wildman–Crippen LogP) is 5.04. The number of aromatic nitrogens is 4. The maximum atomic E-state index is 14.6. The van der Waals surface area contributed by atoms with Gasteiger partial charge >= 0.3 is 0 Å². The minimum atomic E-state index is -0.213. The summed E-state index contributed by atoms with van der Waals surface area (Å²) < 4.78 is 9.41. The SMILES string of the molecule is C#CCSc1nnc2n(-c3ccccc3OC)c(=O)c3c(n12)-c1ccccc1CC31CCCCC1. The van der Waals surface area contributed by atoms with Crippen molar-refractivity contribution >= 4 is 17.5 Å². The van der Waals surface area contributed by atoms with Gasteiger partial charge in [0.05, 0.1) is 24.2 Å². The van der Waals surface area contributed by atoms with Gasteiger partial charge in [-0.1, -0.05) is 73.3 Å². The summed E-state index contributed by atoms with van der Waals surface area (Å²) in [5.74, 6) is 4.25. The number of methoxy groups -OCH3 is 1. The standard InChI is InChI=1S/C28H26N4O2S/c1-3-17-35-27-30-29-26-31(21-13-7-8-14-22(21)34-2)25(33)23-24(32(26)27)20-12-6-5-11-19(20)18-28(23)15-9-4-10-16-28/h1,5-8,11-14H,4,9-10,15-18H2,2H3. The number of ether oxygens (including phenoxy) is 1. The zero-order valence-electron chi connectivity index (χ0n) is 19.7. The van der Waals surface area contributed by atoms with E-state index < -0.39 is 0 Å². The van der Waals surface area contributed by atoms with Gasteiger partial charge < -0.3 is 4.74 Å². The van der Waals surface area contributed by atoms with Gasteiger partial charge in [0.15, 0.2) is 5.16 Å². The zero-order valence-corrected chi connectivity index (χ0v) is 20.5. The van der Waals surface area contributed by atoms with Crippen molar-refractivity contribution in [2.45, 2.75) is 49.1 Å². The smallest absolute Gasteiger partial charge is 0.264 e. The molecule has 0 bridgehead atoms. The normalized spacial score (nSPS) is 16.0. The minimum absolute atomic E-state index is 0.0331. The number of terminal acetylenes is 1. The molecule has 2 aromatic heterocycles. The second-order valence-electron chi connectivity index (χ2n) is 9.32. The highest BCUT2D eigenvalue weighted by Crippen LogP contribution is 2.49. The van der Waals surface area contributed by atoms with Crippen LogP contribution in [0.4, 0.5) is 0 Å². The lowest BCUT2D eigenvalue weighted by Gasteiger charge is -2.42. The van der Waals surface area contributed by atoms with Crippen molar-refractivity contribution in [3.8, 4) is 35.0 Å². The van der Waals surface area contributed by atoms with E-state index in [0.29, 0.717) is 28.1 Å². The molecule has 0 N–H and O–H groups in total. The van der Waals surface area contributed by atoms with Gasteiger partial charge in [0.25, 0.3) is 5.56 Å². The van der Waals surface area contributed by atoms with Crippen molar-refractivity contribution in [3.05, 3.63) is 70.0 Å². The molecule has 1 saturated carbocycles. The van der Waals surface area contributed by atoms with Gasteiger partial charge in [-0.15, -0.1) is 16.6 Å². The summed E-state index contributed by atoms with van der Waals surface area (Å²) in [5.41, 5.74) is 4.57. The fourth-order valence-electron chi connectivity index (χ4n) is 6.00. The van der Waals surface area contributed by atoms with Crippen LogP contribution in [0.1, 0.15) is 43.2 Å². The third kappa shape index (κ3) is 3.31. The van der Waals surface area contributed by atoms with E-state index in [2.05, 4.69) is 38.7 Å². The molecule has 2 heterocycles. The average Bonchev–Trinajstić information content (AvgIpc) is 3.31. The van der Waals surface area contributed by atoms with E-state index in [1.807, 2.05) is 30.3 Å². The number of para-hydroxylation sites is 2. The van der Waals surface area contributed by atoms with Crippen molar-refractivity contribution in [1.82, 2.24) is 19.2 Å². The number of rotatable bonds is 4. The van der Waals surface area contributed by atoms with Crippen LogP contribution < -0.4 is 10.3 Å². The highest BCUT2D eigenvalue weighted by Gasteiger charge is 2.44. The van der Waals surface area contributed by atoms with Crippen LogP contribution in [0.2, 0.25) is 0 Å². The Kier molecular flexibility index (Phi) is 5.42. The number of fused-ring (bicyclic) bond motifs is 6. The Morgan fingerprint density at radius 2 is 1.86 bits per heavy atom. The van der Waals surface area contributed by atoms with Crippen LogP contribution in [0, 0.1) is 12.3 Å². The monoisotopic (exact) mass is 482 g/mol. The molecular formula is C28H26N4O2S. The first-order valence-electron chi connectivity index (χ1n) is 12.0. The average molecular weight is 483 g/mol. The van der Waals surface area contributed by atoms with Crippen molar-refractivity contribution in [2.75, 3.05) is 12.9 Å². The maximum Gasteiger partial charge on any atom is 0.264 e. The molecule has 4 aromatic rings. The van der Waals surface area contributed by atoms with Crippen molar-refractivity contribution in [2.24, 2.45) is 0 Å². The first-order valence-corrected chi connectivity index (χ1v) is 13.0. The van der Waals surface area contributed by atoms with Gasteiger partial charge in [-0.25, -0.2) is 4.57 Å². The second kappa shape index (κ2) is 8.62. The minimum Gasteiger partial charge on any atom is -0.495 e. The molecule has 0 radical (unpaired) electrons. The molecule has 35 heavy (non-hydrogen) atoms. The van der Waals surface area contributed by atoms with Crippen LogP contribution in [0.3, 0.4) is 0 Å². The fraction of sp³-hybridized carbons (Fsp3) is 0.321. The zero-order chi connectivity index (χ0) is 24.0. The van der Waals surface area contributed by atoms with Gasteiger partial charge in [-0.2, -0.15) is 0 Å². The van der Waals surface area contributed by atoms with E-state index in [1.54, 1.807) is 11.7 Å². The largest absolute Gasteiger partial charge is 0.495 e. The molecule has 6 nitrogen and oxygen atoms in total. The van der Waals surface area contributed by atoms with Crippen molar-refractivity contribution < 1.29 is 4.74 Å². The van der Waals surface area contributed by atoms with Gasteiger partial charge in [0, 0.05) is 16.5 Å². The molecule has 2 aliphatic rings. The molecule has 1 fully saturated rings. The molecule has 7 heteroatoms. The summed E-state index contributed by atoms with van der Waals surface area (Å²) in [5, 5.41) is 9.73. The Morgan fingerprint density at radius 1 is 1.09 bits per heavy atom. The van der Waals surface area contributed by atoms with E-state index >= 15 is 0 Å². The Balaban J connectivity index is 1.79. The third-order valence-corrected chi connectivity index (χ3v) is 8.28. The lowest BCUT2D eigenvalue weighted by Crippen LogP contribution is -2.43. The number of hydrogen-bond acceptors (Lipinski definition) is 5. The lowest BCUT2D eigenvalue weighted by molar-refractivity contribution is 0.284. The maximum absolute atomic E-state index is 14.6. The molecule has 0 saturated heterocycles. The molecule has 0 atom stereocenters. The number of thioether (sulfide) groups is 1. The number of benzene rings is 2. The summed E-state index contributed by atoms with van der Waals surface area (Å²) in [6, 6.07) is 16.0. The summed E-state index contributed by atoms with van der Waals surface area (Å²) in [6.45, 7) is 0. The Bertz CT molecular complexity index is 1540. The molecular weight excluding hydrogens is 456 g/mol. The molecule has 176 valence electrons. The van der Waals surface area contributed by atoms with Crippen LogP contribution in [0.15, 0.2) is 58.5 Å². The number of hydrogen-bond donors (Lipinski definition) is 0. The topological polar surface area (TPSA) is 61.4 Å². The van der Waals surface area contributed by atoms with Crippen LogP contribution >= 0.6 is 11.8 Å². The van der Waals surface area contributed by atoms with E-state index in [4.69, 9.17) is 11.2 Å². The summed E-state index contributed by atoms with van der Waals surface area (Å²) in [7, 11) is 1.62. The van der Waals surface area contributed by atoms with Crippen molar-refractivity contribution in [3.63, 3.8) is 0 Å². The molecule has 6 rings (SSSR count). The van der Waals surface area contributed by atoms with E-state index in [-0.39, 0.29) is 11.0 Å². The summed E-state index contributed by atoms with van der Waals surface area (Å²) in [6.07, 6.45) is 11.9. The molecule has 1 spiro atoms. The quantitative estimate of drug-likeness (QED) is 0.301. The number of nitrogens with zero attached hydrogens (tertiary/aromatic N) is 4. The summed E-state index contributed by atoms with van der Waals surface area (Å²) >= 11 is 1.47. The van der Waals surface area contributed by atoms with Gasteiger partial charge in [0.1, 0.15) is 5.75 Å². The van der Waals surface area contributed by atoms with Crippen molar-refractivity contribution in [1.29, 1.82) is 0 Å². The second-order valence-corrected chi connectivity index (χ2v) is 10.3. The van der Waals surface area contributed by atoms with Gasteiger partial charge in [-0.05, 0) is 37.0 Å². The van der Waals surface area contributed by atoms with Gasteiger partial charge in [0.2, 0.25) is 5.78 Å². The highest BCUT2D eigenvalue weighted by molar-refractivity contribution is 7.99. The molecule has 2 aliphatic carbocycles. The Labute approximate surface area is 208 Å². The van der Waals surface area contributed by atoms with Crippen LogP contribution in [-0.2, 0) is 11.8 Å². The molecule has 0 aliphatic heterocycles. The van der Waals surface area contributed by atoms with E-state index in [9.17, 15) is 4.79 Å².